The van der Waals surface area contributed by atoms with Crippen molar-refractivity contribution < 1.29 is 23.7 Å². The van der Waals surface area contributed by atoms with Gasteiger partial charge >= 0.3 is 5.97 Å². The monoisotopic (exact) mass is 650 g/mol. The molecule has 0 spiro atoms. The Bertz CT molecular complexity index is 1770. The topological polar surface area (TPSA) is 88.4 Å². The Morgan fingerprint density at radius 1 is 1.14 bits per heavy atom. The average molecular weight is 652 g/mol. The zero-order valence-electron chi connectivity index (χ0n) is 23.8. The summed E-state index contributed by atoms with van der Waals surface area (Å²) in [4.78, 5) is 32.3. The molecule has 1 aliphatic carbocycles. The lowest BCUT2D eigenvalue weighted by Crippen LogP contribution is -2.40. The van der Waals surface area contributed by atoms with Gasteiger partial charge in [0.1, 0.15) is 12.4 Å². The Hall–Kier alpha value is -3.89. The molecule has 0 radical (unpaired) electrons. The van der Waals surface area contributed by atoms with Crippen molar-refractivity contribution in [2.75, 3.05) is 20.8 Å². The van der Waals surface area contributed by atoms with Gasteiger partial charge in [-0.2, -0.15) is 0 Å². The molecule has 1 aliphatic heterocycles. The van der Waals surface area contributed by atoms with Gasteiger partial charge in [0.05, 0.1) is 42.7 Å². The molecule has 42 heavy (non-hydrogen) atoms. The van der Waals surface area contributed by atoms with E-state index in [-0.39, 0.29) is 18.1 Å². The van der Waals surface area contributed by atoms with E-state index in [0.717, 1.165) is 15.8 Å². The Morgan fingerprint density at radius 3 is 2.60 bits per heavy atom. The number of ether oxygens (including phenoxy) is 4. The van der Waals surface area contributed by atoms with E-state index in [4.69, 9.17) is 18.9 Å². The lowest BCUT2D eigenvalue weighted by molar-refractivity contribution is -0.139. The van der Waals surface area contributed by atoms with E-state index in [1.165, 1.54) is 11.3 Å². The Morgan fingerprint density at radius 2 is 1.90 bits per heavy atom. The first kappa shape index (κ1) is 29.6. The first-order valence-corrected chi connectivity index (χ1v) is 15.1. The number of esters is 1. The van der Waals surface area contributed by atoms with Crippen molar-refractivity contribution in [2.24, 2.45) is 10.9 Å². The molecule has 10 heteroatoms. The molecular weight excluding hydrogens is 620 g/mol. The van der Waals surface area contributed by atoms with Crippen molar-refractivity contribution in [3.05, 3.63) is 113 Å². The van der Waals surface area contributed by atoms with Gasteiger partial charge in [0, 0.05) is 10.4 Å². The first-order valence-electron chi connectivity index (χ1n) is 13.5. The van der Waals surface area contributed by atoms with Gasteiger partial charge < -0.3 is 18.9 Å². The highest BCUT2D eigenvalue weighted by Crippen LogP contribution is 2.36. The molecule has 0 N–H and O–H groups in total. The average Bonchev–Trinajstić information content (AvgIpc) is 3.29. The van der Waals surface area contributed by atoms with E-state index in [1.807, 2.05) is 54.6 Å². The summed E-state index contributed by atoms with van der Waals surface area (Å²) in [5.74, 6) is 1.26. The van der Waals surface area contributed by atoms with E-state index >= 15 is 0 Å². The van der Waals surface area contributed by atoms with Crippen LogP contribution in [0.4, 0.5) is 0 Å². The maximum atomic E-state index is 14.0. The maximum absolute atomic E-state index is 14.0. The molecule has 2 heterocycles. The van der Waals surface area contributed by atoms with Gasteiger partial charge in [-0.05, 0) is 49.6 Å². The summed E-state index contributed by atoms with van der Waals surface area (Å²) in [6, 6.07) is 14.6. The highest BCUT2D eigenvalue weighted by Gasteiger charge is 2.34. The molecule has 2 aliphatic rings. The van der Waals surface area contributed by atoms with E-state index in [1.54, 1.807) is 44.8 Å². The van der Waals surface area contributed by atoms with Crippen LogP contribution in [0.5, 0.6) is 11.5 Å². The van der Waals surface area contributed by atoms with E-state index < -0.39 is 12.0 Å². The third-order valence-corrected chi connectivity index (χ3v) is 8.74. The number of nitrogens with zero attached hydrogens (tertiary/aromatic N) is 2. The number of benzene rings is 2. The second kappa shape index (κ2) is 13.0. The largest absolute Gasteiger partial charge is 0.493 e. The van der Waals surface area contributed by atoms with Crippen LogP contribution in [0, 0.1) is 5.92 Å². The lowest BCUT2D eigenvalue weighted by atomic mass is 9.95. The number of carbonyl (C=O) groups excluding carboxylic acids is 1. The van der Waals surface area contributed by atoms with Gasteiger partial charge in [-0.1, -0.05) is 75.8 Å². The molecular formula is C32H31BrN2O6S. The maximum Gasteiger partial charge on any atom is 0.338 e. The predicted molar refractivity (Wildman–Crippen MR) is 165 cm³/mol. The Labute approximate surface area is 256 Å². The molecule has 0 fully saturated rings. The number of rotatable bonds is 9. The Kier molecular flexibility index (Phi) is 9.13. The summed E-state index contributed by atoms with van der Waals surface area (Å²) in [6.07, 6.45) is 6.56. The predicted octanol–water partition coefficient (Wildman–Crippen LogP) is 5.17. The van der Waals surface area contributed by atoms with Crippen LogP contribution in [-0.4, -0.2) is 31.4 Å². The van der Waals surface area contributed by atoms with Gasteiger partial charge in [0.25, 0.3) is 5.56 Å². The highest BCUT2D eigenvalue weighted by atomic mass is 79.9. The van der Waals surface area contributed by atoms with Gasteiger partial charge in [-0.3, -0.25) is 9.36 Å². The van der Waals surface area contributed by atoms with Crippen molar-refractivity contribution in [3.8, 4) is 11.5 Å². The van der Waals surface area contributed by atoms with Crippen molar-refractivity contribution >= 4 is 39.3 Å². The second-order valence-electron chi connectivity index (χ2n) is 9.71. The quantitative estimate of drug-likeness (QED) is 0.297. The lowest BCUT2D eigenvalue weighted by Gasteiger charge is -2.25. The minimum atomic E-state index is -0.742. The number of carbonyl (C=O) groups is 1. The summed E-state index contributed by atoms with van der Waals surface area (Å²) in [5, 5.41) is 0. The van der Waals surface area contributed by atoms with Crippen LogP contribution in [0.25, 0.3) is 6.08 Å². The van der Waals surface area contributed by atoms with Crippen LogP contribution in [0.15, 0.2) is 92.0 Å². The fourth-order valence-electron chi connectivity index (χ4n) is 4.99. The van der Waals surface area contributed by atoms with E-state index in [2.05, 4.69) is 20.9 Å². The van der Waals surface area contributed by atoms with Crippen LogP contribution in [0.1, 0.15) is 37.4 Å². The number of hydrogen-bond donors (Lipinski definition) is 0. The molecule has 0 saturated carbocycles. The fourth-order valence-corrected chi connectivity index (χ4v) is 6.71. The van der Waals surface area contributed by atoms with E-state index in [9.17, 15) is 9.59 Å². The number of thiazole rings is 1. The minimum Gasteiger partial charge on any atom is -0.493 e. The normalized spacial score (nSPS) is 18.5. The van der Waals surface area contributed by atoms with Crippen LogP contribution in [0.3, 0.4) is 0 Å². The molecule has 218 valence electrons. The number of aromatic nitrogens is 1. The number of methoxy groups -OCH3 is 2. The second-order valence-corrected chi connectivity index (χ2v) is 11.7. The van der Waals surface area contributed by atoms with Crippen molar-refractivity contribution in [1.29, 1.82) is 0 Å². The summed E-state index contributed by atoms with van der Waals surface area (Å²) in [7, 11) is 3.10. The Balaban J connectivity index is 1.51. The van der Waals surface area contributed by atoms with Crippen molar-refractivity contribution in [3.63, 3.8) is 0 Å². The molecule has 0 amide bonds. The van der Waals surface area contributed by atoms with Gasteiger partial charge in [0.15, 0.2) is 16.3 Å². The smallest absolute Gasteiger partial charge is 0.338 e. The fraction of sp³-hybridized carbons (Fsp3) is 0.281. The minimum absolute atomic E-state index is 0.0324. The zero-order valence-corrected chi connectivity index (χ0v) is 26.2. The summed E-state index contributed by atoms with van der Waals surface area (Å²) in [5.41, 5.74) is 2.35. The van der Waals surface area contributed by atoms with E-state index in [0.29, 0.717) is 50.7 Å². The third-order valence-electron chi connectivity index (χ3n) is 7.02. The molecule has 0 bridgehead atoms. The van der Waals surface area contributed by atoms with Crippen LogP contribution >= 0.6 is 27.3 Å². The summed E-state index contributed by atoms with van der Waals surface area (Å²) >= 11 is 4.98. The first-order chi connectivity index (χ1) is 20.3. The highest BCUT2D eigenvalue weighted by molar-refractivity contribution is 9.11. The van der Waals surface area contributed by atoms with Crippen LogP contribution in [-0.2, 0) is 20.9 Å². The standard InChI is InChI=1S/C32H31BrN2O6S/c1-5-40-31(37)28-19(2)34-32-35(29(28)22-12-14-25(38-3)26(17-22)39-4)30(36)27(42-32)16-21-11-13-24(23(33)15-21)41-18-20-9-7-6-8-10-20/h6-14,16-17,21,29H,5,15,18H2,1-4H3/b27-16-/t21-,29+/m1/s1. The molecule has 0 unspecified atom stereocenters. The molecule has 0 saturated heterocycles. The zero-order chi connectivity index (χ0) is 29.8. The molecule has 1 aromatic heterocycles. The molecule has 2 atom stereocenters. The SMILES string of the molecule is CCOC(=O)C1=C(C)N=c2s/c(=C\[C@@H]3C=CC(OCc4ccccc4)=C(Br)C3)c(=O)n2[C@H]1c1ccc(OC)c(OC)c1. The van der Waals surface area contributed by atoms with Crippen molar-refractivity contribution in [2.45, 2.75) is 32.9 Å². The van der Waals surface area contributed by atoms with Gasteiger partial charge in [-0.25, -0.2) is 9.79 Å². The molecule has 5 rings (SSSR count). The van der Waals surface area contributed by atoms with Crippen LogP contribution < -0.4 is 24.4 Å². The van der Waals surface area contributed by atoms with Crippen molar-refractivity contribution in [1.82, 2.24) is 4.57 Å². The number of hydrogen-bond acceptors (Lipinski definition) is 8. The summed E-state index contributed by atoms with van der Waals surface area (Å²) in [6.45, 7) is 4.18. The number of fused-ring (bicyclic) bond motifs is 1. The number of allylic oxidation sites excluding steroid dienone is 4. The molecule has 2 aromatic carbocycles. The third kappa shape index (κ3) is 6.00. The molecule has 3 aromatic rings. The summed E-state index contributed by atoms with van der Waals surface area (Å²) < 4.78 is 25.4. The number of halogens is 1. The van der Waals surface area contributed by atoms with Crippen LogP contribution in [0.2, 0.25) is 0 Å². The van der Waals surface area contributed by atoms with Gasteiger partial charge in [0.2, 0.25) is 0 Å². The molecule has 8 nitrogen and oxygen atoms in total. The van der Waals surface area contributed by atoms with Gasteiger partial charge in [-0.15, -0.1) is 0 Å².